The van der Waals surface area contributed by atoms with Gasteiger partial charge >= 0.3 is 0 Å². The lowest BCUT2D eigenvalue weighted by atomic mass is 10.1. The summed E-state index contributed by atoms with van der Waals surface area (Å²) >= 11 is 0. The molecule has 0 fully saturated rings. The summed E-state index contributed by atoms with van der Waals surface area (Å²) in [5.74, 6) is 0.818. The van der Waals surface area contributed by atoms with Gasteiger partial charge in [0.1, 0.15) is 6.04 Å². The van der Waals surface area contributed by atoms with Crippen LogP contribution in [0.2, 0.25) is 0 Å². The maximum atomic E-state index is 13.4. The molecular formula is C27H30N2O4. The molecule has 3 aromatic rings. The molecule has 0 saturated carbocycles. The third-order valence-electron chi connectivity index (χ3n) is 5.48. The summed E-state index contributed by atoms with van der Waals surface area (Å²) in [5.41, 5.74) is 2.75. The number of carbonyl (C=O) groups excluding carboxylic acids is 2. The predicted octanol–water partition coefficient (Wildman–Crippen LogP) is 3.98. The molecule has 0 aromatic heterocycles. The second-order valence-electron chi connectivity index (χ2n) is 7.75. The molecular weight excluding hydrogens is 416 g/mol. The van der Waals surface area contributed by atoms with Crippen LogP contribution in [-0.2, 0) is 29.1 Å². The number of nitrogens with one attached hydrogen (secondary N) is 1. The molecule has 0 unspecified atom stereocenters. The normalized spacial score (nSPS) is 11.4. The number of nitrogens with zero attached hydrogens (tertiary/aromatic N) is 1. The molecule has 0 aliphatic carbocycles. The molecule has 1 N–H and O–H groups in total. The van der Waals surface area contributed by atoms with Gasteiger partial charge in [-0.2, -0.15) is 0 Å². The quantitative estimate of drug-likeness (QED) is 0.512. The summed E-state index contributed by atoms with van der Waals surface area (Å²) in [6.45, 7) is 2.51. The van der Waals surface area contributed by atoms with E-state index in [1.54, 1.807) is 38.2 Å². The van der Waals surface area contributed by atoms with E-state index in [4.69, 9.17) is 9.47 Å². The Hall–Kier alpha value is -3.80. The first-order valence-corrected chi connectivity index (χ1v) is 10.9. The minimum Gasteiger partial charge on any atom is -0.493 e. The fourth-order valence-electron chi connectivity index (χ4n) is 3.56. The van der Waals surface area contributed by atoms with Crippen molar-refractivity contribution in [1.82, 2.24) is 10.2 Å². The van der Waals surface area contributed by atoms with Gasteiger partial charge < -0.3 is 19.7 Å². The van der Waals surface area contributed by atoms with Crippen LogP contribution < -0.4 is 14.8 Å². The topological polar surface area (TPSA) is 67.9 Å². The summed E-state index contributed by atoms with van der Waals surface area (Å²) < 4.78 is 10.6. The second-order valence-corrected chi connectivity index (χ2v) is 7.75. The van der Waals surface area contributed by atoms with Gasteiger partial charge in [-0.3, -0.25) is 9.59 Å². The molecule has 172 valence electrons. The molecule has 0 spiro atoms. The zero-order valence-corrected chi connectivity index (χ0v) is 19.3. The lowest BCUT2D eigenvalue weighted by molar-refractivity contribution is -0.140. The molecule has 3 aromatic carbocycles. The number of benzene rings is 3. The molecule has 0 bridgehead atoms. The van der Waals surface area contributed by atoms with Crippen LogP contribution in [0.1, 0.15) is 23.6 Å². The summed E-state index contributed by atoms with van der Waals surface area (Å²) in [5, 5.41) is 2.95. The number of rotatable bonds is 10. The van der Waals surface area contributed by atoms with Crippen LogP contribution in [0.15, 0.2) is 78.9 Å². The maximum Gasteiger partial charge on any atom is 0.242 e. The van der Waals surface area contributed by atoms with Crippen LogP contribution in [0.5, 0.6) is 11.5 Å². The molecule has 1 atom stereocenters. The standard InChI is InChI=1S/C27H30N2O4/c1-20(27(31)28-18-21-10-6-4-7-11-21)29(19-22-12-8-5-9-13-22)26(30)17-23-14-15-24(32-2)25(16-23)33-3/h4-16,20H,17-19H2,1-3H3,(H,28,31)/t20-/m0/s1. The van der Waals surface area contributed by atoms with Gasteiger partial charge in [0.05, 0.1) is 20.6 Å². The van der Waals surface area contributed by atoms with Gasteiger partial charge in [0.15, 0.2) is 11.5 Å². The second kappa shape index (κ2) is 11.7. The number of carbonyl (C=O) groups is 2. The zero-order valence-electron chi connectivity index (χ0n) is 19.3. The molecule has 6 nitrogen and oxygen atoms in total. The van der Waals surface area contributed by atoms with Gasteiger partial charge in [-0.1, -0.05) is 66.7 Å². The Morgan fingerprint density at radius 1 is 0.818 bits per heavy atom. The van der Waals surface area contributed by atoms with E-state index in [-0.39, 0.29) is 18.2 Å². The van der Waals surface area contributed by atoms with E-state index >= 15 is 0 Å². The van der Waals surface area contributed by atoms with Crippen molar-refractivity contribution in [2.24, 2.45) is 0 Å². The van der Waals surface area contributed by atoms with Crippen molar-refractivity contribution >= 4 is 11.8 Å². The third-order valence-corrected chi connectivity index (χ3v) is 5.48. The highest BCUT2D eigenvalue weighted by Crippen LogP contribution is 2.28. The van der Waals surface area contributed by atoms with Crippen LogP contribution >= 0.6 is 0 Å². The summed E-state index contributed by atoms with van der Waals surface area (Å²) in [7, 11) is 3.13. The zero-order chi connectivity index (χ0) is 23.6. The lowest BCUT2D eigenvalue weighted by Gasteiger charge is -2.29. The number of hydrogen-bond acceptors (Lipinski definition) is 4. The summed E-state index contributed by atoms with van der Waals surface area (Å²) in [6, 6.07) is 24.1. The highest BCUT2D eigenvalue weighted by atomic mass is 16.5. The highest BCUT2D eigenvalue weighted by molar-refractivity contribution is 5.88. The molecule has 0 aliphatic heterocycles. The lowest BCUT2D eigenvalue weighted by Crippen LogP contribution is -2.47. The van der Waals surface area contributed by atoms with Crippen molar-refractivity contribution in [3.63, 3.8) is 0 Å². The Balaban J connectivity index is 1.76. The van der Waals surface area contributed by atoms with Crippen LogP contribution in [-0.4, -0.2) is 37.0 Å². The smallest absolute Gasteiger partial charge is 0.242 e. The van der Waals surface area contributed by atoms with E-state index in [2.05, 4.69) is 5.32 Å². The molecule has 0 saturated heterocycles. The number of methoxy groups -OCH3 is 2. The van der Waals surface area contributed by atoms with Gasteiger partial charge in [0.25, 0.3) is 0 Å². The number of ether oxygens (including phenoxy) is 2. The van der Waals surface area contributed by atoms with Crippen molar-refractivity contribution in [3.8, 4) is 11.5 Å². The van der Waals surface area contributed by atoms with Crippen molar-refractivity contribution < 1.29 is 19.1 Å². The molecule has 3 rings (SSSR count). The van der Waals surface area contributed by atoms with Crippen LogP contribution in [0.25, 0.3) is 0 Å². The van der Waals surface area contributed by atoms with Crippen molar-refractivity contribution in [1.29, 1.82) is 0 Å². The third kappa shape index (κ3) is 6.59. The van der Waals surface area contributed by atoms with Crippen molar-refractivity contribution in [3.05, 3.63) is 95.6 Å². The Bertz CT molecular complexity index is 1050. The van der Waals surface area contributed by atoms with Gasteiger partial charge in [-0.25, -0.2) is 0 Å². The van der Waals surface area contributed by atoms with E-state index in [0.29, 0.717) is 24.6 Å². The molecule has 6 heteroatoms. The number of amides is 2. The highest BCUT2D eigenvalue weighted by Gasteiger charge is 2.26. The van der Waals surface area contributed by atoms with Gasteiger partial charge in [0, 0.05) is 13.1 Å². The molecule has 2 amide bonds. The Morgan fingerprint density at radius 2 is 1.42 bits per heavy atom. The molecule has 33 heavy (non-hydrogen) atoms. The van der Waals surface area contributed by atoms with Crippen LogP contribution in [0, 0.1) is 0 Å². The van der Waals surface area contributed by atoms with E-state index in [1.807, 2.05) is 66.7 Å². The summed E-state index contributed by atoms with van der Waals surface area (Å²) in [4.78, 5) is 27.9. The minimum absolute atomic E-state index is 0.142. The van der Waals surface area contributed by atoms with Gasteiger partial charge in [0.2, 0.25) is 11.8 Å². The van der Waals surface area contributed by atoms with E-state index in [1.165, 1.54) is 0 Å². The Morgan fingerprint density at radius 3 is 2.03 bits per heavy atom. The fourth-order valence-corrected chi connectivity index (χ4v) is 3.56. The molecule has 0 radical (unpaired) electrons. The largest absolute Gasteiger partial charge is 0.493 e. The summed E-state index contributed by atoms with van der Waals surface area (Å²) in [6.07, 6.45) is 0.142. The SMILES string of the molecule is COc1ccc(CC(=O)N(Cc2ccccc2)[C@@H](C)C(=O)NCc2ccccc2)cc1OC. The van der Waals surface area contributed by atoms with Crippen LogP contribution in [0.4, 0.5) is 0 Å². The van der Waals surface area contributed by atoms with Crippen molar-refractivity contribution in [2.45, 2.75) is 32.5 Å². The van der Waals surface area contributed by atoms with Crippen molar-refractivity contribution in [2.75, 3.05) is 14.2 Å². The molecule has 0 heterocycles. The Labute approximate surface area is 195 Å². The first-order chi connectivity index (χ1) is 16.0. The minimum atomic E-state index is -0.637. The monoisotopic (exact) mass is 446 g/mol. The van der Waals surface area contributed by atoms with E-state index in [9.17, 15) is 9.59 Å². The first-order valence-electron chi connectivity index (χ1n) is 10.9. The van der Waals surface area contributed by atoms with Crippen LogP contribution in [0.3, 0.4) is 0 Å². The number of hydrogen-bond donors (Lipinski definition) is 1. The maximum absolute atomic E-state index is 13.4. The van der Waals surface area contributed by atoms with E-state index in [0.717, 1.165) is 16.7 Å². The average Bonchev–Trinajstić information content (AvgIpc) is 2.86. The molecule has 0 aliphatic rings. The van der Waals surface area contributed by atoms with Gasteiger partial charge in [-0.05, 0) is 35.7 Å². The Kier molecular flexibility index (Phi) is 8.47. The fraction of sp³-hybridized carbons (Fsp3) is 0.259. The predicted molar refractivity (Wildman–Crippen MR) is 128 cm³/mol. The van der Waals surface area contributed by atoms with Gasteiger partial charge in [-0.15, -0.1) is 0 Å². The van der Waals surface area contributed by atoms with E-state index < -0.39 is 6.04 Å². The first kappa shape index (κ1) is 23.9. The average molecular weight is 447 g/mol.